The fourth-order valence-electron chi connectivity index (χ4n) is 5.03. The summed E-state index contributed by atoms with van der Waals surface area (Å²) >= 11 is 0. The van der Waals surface area contributed by atoms with Gasteiger partial charge in [0.1, 0.15) is 11.5 Å². The number of hydrogen-bond donors (Lipinski definition) is 2. The third kappa shape index (κ3) is 4.88. The summed E-state index contributed by atoms with van der Waals surface area (Å²) in [7, 11) is 0. The molecule has 3 N–H and O–H groups in total. The summed E-state index contributed by atoms with van der Waals surface area (Å²) in [4.78, 5) is 14.5. The summed E-state index contributed by atoms with van der Waals surface area (Å²) < 4.78 is 5.53. The molecule has 0 atom stereocenters. The fourth-order valence-corrected chi connectivity index (χ4v) is 5.03. The lowest BCUT2D eigenvalue weighted by Crippen LogP contribution is -2.30. The van der Waals surface area contributed by atoms with Crippen molar-refractivity contribution in [2.45, 2.75) is 46.1 Å². The van der Waals surface area contributed by atoms with Gasteiger partial charge in [-0.3, -0.25) is 9.69 Å². The minimum absolute atomic E-state index is 0.253. The number of carbonyl (C=O) groups excluding carboxylic acids is 1. The van der Waals surface area contributed by atoms with Crippen LogP contribution in [0.2, 0.25) is 0 Å². The third-order valence-electron chi connectivity index (χ3n) is 6.58. The van der Waals surface area contributed by atoms with Crippen LogP contribution in [0.3, 0.4) is 0 Å². The van der Waals surface area contributed by atoms with E-state index >= 15 is 0 Å². The number of furan rings is 1. The Morgan fingerprint density at radius 1 is 1.00 bits per heavy atom. The Balaban J connectivity index is 1.78. The summed E-state index contributed by atoms with van der Waals surface area (Å²) in [5.74, 6) is 0.854. The summed E-state index contributed by atoms with van der Waals surface area (Å²) in [6, 6.07) is 15.3. The number of primary amides is 1. The monoisotopic (exact) mass is 444 g/mol. The zero-order valence-corrected chi connectivity index (χ0v) is 19.4. The molecule has 0 spiro atoms. The van der Waals surface area contributed by atoms with Crippen molar-refractivity contribution in [2.24, 2.45) is 5.73 Å². The Morgan fingerprint density at radius 2 is 1.70 bits per heavy atom. The Hall–Kier alpha value is -3.31. The molecule has 0 saturated carbocycles. The summed E-state index contributed by atoms with van der Waals surface area (Å²) in [5, 5.41) is 10.2. The molecule has 3 aromatic rings. The normalized spacial score (nSPS) is 14.4. The smallest absolute Gasteiger partial charge is 0.248 e. The highest BCUT2D eigenvalue weighted by atomic mass is 16.3. The predicted molar refractivity (Wildman–Crippen MR) is 131 cm³/mol. The number of nitrogens with zero attached hydrogens (tertiary/aromatic N) is 1. The van der Waals surface area contributed by atoms with Gasteiger partial charge >= 0.3 is 0 Å². The molecular formula is C28H32N2O3. The minimum Gasteiger partial charge on any atom is -0.508 e. The molecule has 1 saturated heterocycles. The summed E-state index contributed by atoms with van der Waals surface area (Å²) in [5.41, 5.74) is 13.2. The van der Waals surface area contributed by atoms with Crippen LogP contribution in [0.15, 0.2) is 64.8 Å². The highest BCUT2D eigenvalue weighted by Gasteiger charge is 2.23. The molecule has 2 aromatic carbocycles. The Labute approximate surface area is 195 Å². The molecule has 5 nitrogen and oxygen atoms in total. The second-order valence-electron chi connectivity index (χ2n) is 8.57. The maximum atomic E-state index is 12.1. The zero-order chi connectivity index (χ0) is 23.4. The predicted octanol–water partition coefficient (Wildman–Crippen LogP) is 5.31. The highest BCUT2D eigenvalue weighted by Crippen LogP contribution is 2.37. The highest BCUT2D eigenvalue weighted by molar-refractivity contribution is 5.96. The van der Waals surface area contributed by atoms with Gasteiger partial charge < -0.3 is 15.3 Å². The number of rotatable bonds is 7. The molecule has 172 valence electrons. The lowest BCUT2D eigenvalue weighted by Gasteiger charge is -2.30. The van der Waals surface area contributed by atoms with Gasteiger partial charge in [-0.05, 0) is 83.8 Å². The second kappa shape index (κ2) is 10.1. The number of nitrogens with two attached hydrogens (primary N) is 1. The zero-order valence-electron chi connectivity index (χ0n) is 19.4. The summed E-state index contributed by atoms with van der Waals surface area (Å²) in [6.07, 6.45) is 5.15. The van der Waals surface area contributed by atoms with E-state index in [1.165, 1.54) is 11.1 Å². The van der Waals surface area contributed by atoms with E-state index in [0.717, 1.165) is 73.3 Å². The van der Waals surface area contributed by atoms with E-state index in [-0.39, 0.29) is 11.7 Å². The molecule has 5 heteroatoms. The number of aromatic hydroxyl groups is 1. The van der Waals surface area contributed by atoms with Gasteiger partial charge in [0.2, 0.25) is 5.91 Å². The number of carbonyl (C=O) groups is 1. The van der Waals surface area contributed by atoms with Crippen LogP contribution in [-0.2, 0) is 19.4 Å². The molecule has 33 heavy (non-hydrogen) atoms. The third-order valence-corrected chi connectivity index (χ3v) is 6.58. The number of phenolic OH excluding ortho intramolecular Hbond substituents is 1. The maximum absolute atomic E-state index is 12.1. The lowest BCUT2D eigenvalue weighted by molar-refractivity contribution is 0.0999. The van der Waals surface area contributed by atoms with Crippen molar-refractivity contribution in [3.8, 4) is 5.75 Å². The van der Waals surface area contributed by atoms with E-state index < -0.39 is 0 Å². The second-order valence-corrected chi connectivity index (χ2v) is 8.57. The van der Waals surface area contributed by atoms with Gasteiger partial charge in [-0.25, -0.2) is 0 Å². The van der Waals surface area contributed by atoms with Crippen molar-refractivity contribution in [3.05, 3.63) is 93.9 Å². The van der Waals surface area contributed by atoms with Crippen molar-refractivity contribution in [3.63, 3.8) is 0 Å². The molecule has 0 unspecified atom stereocenters. The number of piperidine rings is 1. The van der Waals surface area contributed by atoms with E-state index in [2.05, 4.69) is 24.8 Å². The van der Waals surface area contributed by atoms with Crippen LogP contribution in [0.4, 0.5) is 0 Å². The van der Waals surface area contributed by atoms with E-state index in [0.29, 0.717) is 5.56 Å². The van der Waals surface area contributed by atoms with E-state index in [9.17, 15) is 9.90 Å². The van der Waals surface area contributed by atoms with Gasteiger partial charge in [-0.2, -0.15) is 0 Å². The molecule has 0 aliphatic carbocycles. The standard InChI is InChI=1S/C28H32N2O3/c1-3-23-24(4-2)26(28(29)32)11-10-25(23)27(20-7-5-8-21(31)17-20)19-12-14-30(15-13-19)18-22-9-6-16-33-22/h5-11,16-17,31H,3-4,12-15,18H2,1-2H3,(H2,29,32). The van der Waals surface area contributed by atoms with Crippen LogP contribution < -0.4 is 5.73 Å². The Morgan fingerprint density at radius 3 is 2.30 bits per heavy atom. The topological polar surface area (TPSA) is 79.7 Å². The SMILES string of the molecule is CCc1c(C(N)=O)ccc(C(=C2CCN(Cc3ccco3)CC2)c2cccc(O)c2)c1CC. The van der Waals surface area contributed by atoms with Crippen LogP contribution in [0.1, 0.15) is 65.1 Å². The number of likely N-dealkylation sites (tertiary alicyclic amines) is 1. The average Bonchev–Trinajstić information content (AvgIpc) is 3.33. The van der Waals surface area contributed by atoms with E-state index in [4.69, 9.17) is 10.2 Å². The molecule has 1 aliphatic heterocycles. The van der Waals surface area contributed by atoms with Gasteiger partial charge in [0.05, 0.1) is 12.8 Å². The first-order valence-corrected chi connectivity index (χ1v) is 11.7. The maximum Gasteiger partial charge on any atom is 0.248 e. The summed E-state index contributed by atoms with van der Waals surface area (Å²) in [6.45, 7) is 6.90. The Kier molecular flexibility index (Phi) is 6.99. The van der Waals surface area contributed by atoms with Crippen molar-refractivity contribution in [2.75, 3.05) is 13.1 Å². The number of benzene rings is 2. The van der Waals surface area contributed by atoms with E-state index in [1.807, 2.05) is 36.4 Å². The first-order chi connectivity index (χ1) is 16.0. The van der Waals surface area contributed by atoms with Crippen molar-refractivity contribution in [1.82, 2.24) is 4.90 Å². The fraction of sp³-hybridized carbons (Fsp3) is 0.321. The van der Waals surface area contributed by atoms with Crippen LogP contribution in [0.25, 0.3) is 5.57 Å². The first kappa shape index (κ1) is 22.9. The molecule has 1 aromatic heterocycles. The quantitative estimate of drug-likeness (QED) is 0.518. The first-order valence-electron chi connectivity index (χ1n) is 11.7. The molecule has 1 aliphatic rings. The average molecular weight is 445 g/mol. The van der Waals surface area contributed by atoms with Crippen LogP contribution in [0, 0.1) is 0 Å². The molecule has 2 heterocycles. The number of phenols is 1. The lowest BCUT2D eigenvalue weighted by atomic mass is 9.82. The van der Waals surface area contributed by atoms with Crippen molar-refractivity contribution in [1.29, 1.82) is 0 Å². The molecule has 0 bridgehead atoms. The van der Waals surface area contributed by atoms with Gasteiger partial charge in [-0.1, -0.05) is 37.6 Å². The van der Waals surface area contributed by atoms with Gasteiger partial charge in [-0.15, -0.1) is 0 Å². The largest absolute Gasteiger partial charge is 0.508 e. The molecular weight excluding hydrogens is 412 g/mol. The minimum atomic E-state index is -0.383. The van der Waals surface area contributed by atoms with Gasteiger partial charge in [0, 0.05) is 18.7 Å². The van der Waals surface area contributed by atoms with Gasteiger partial charge in [0.25, 0.3) is 0 Å². The molecule has 0 radical (unpaired) electrons. The van der Waals surface area contributed by atoms with Crippen LogP contribution in [0.5, 0.6) is 5.75 Å². The van der Waals surface area contributed by atoms with Crippen molar-refractivity contribution < 1.29 is 14.3 Å². The van der Waals surface area contributed by atoms with Crippen LogP contribution in [-0.4, -0.2) is 29.0 Å². The van der Waals surface area contributed by atoms with Gasteiger partial charge in [0.15, 0.2) is 0 Å². The van der Waals surface area contributed by atoms with Crippen molar-refractivity contribution >= 4 is 11.5 Å². The Bertz CT molecular complexity index is 1150. The van der Waals surface area contributed by atoms with E-state index in [1.54, 1.807) is 12.3 Å². The molecule has 4 rings (SSSR count). The van der Waals surface area contributed by atoms with Crippen LogP contribution >= 0.6 is 0 Å². The molecule has 1 fully saturated rings. The number of hydrogen-bond acceptors (Lipinski definition) is 4. The molecule has 1 amide bonds. The number of amides is 1.